The van der Waals surface area contributed by atoms with Crippen molar-refractivity contribution in [2.24, 2.45) is 0 Å². The zero-order valence-electron chi connectivity index (χ0n) is 14.3. The molecule has 2 aromatic heterocycles. The van der Waals surface area contributed by atoms with Gasteiger partial charge in [0.1, 0.15) is 22.8 Å². The van der Waals surface area contributed by atoms with Gasteiger partial charge >= 0.3 is 0 Å². The van der Waals surface area contributed by atoms with Crippen LogP contribution < -0.4 is 4.74 Å². The minimum absolute atomic E-state index is 0.556. The Bertz CT molecular complexity index is 1190. The van der Waals surface area contributed by atoms with Gasteiger partial charge in [-0.1, -0.05) is 24.3 Å². The van der Waals surface area contributed by atoms with Crippen molar-refractivity contribution in [2.45, 2.75) is 0 Å². The molecule has 0 atom stereocenters. The highest BCUT2D eigenvalue weighted by Crippen LogP contribution is 2.31. The summed E-state index contributed by atoms with van der Waals surface area (Å²) in [6.07, 6.45) is 1.66. The Morgan fingerprint density at radius 2 is 1.59 bits per heavy atom. The second-order valence-corrected chi connectivity index (χ2v) is 6.12. The first-order valence-corrected chi connectivity index (χ1v) is 8.63. The standard InChI is InChI=1S/C23H15NO3/c1-2-7-18(8-3-1)26-19-9-4-6-17(14-19)23-24-20-12-11-16(15-22(20)27-23)21-10-5-13-25-21/h1-15H. The fourth-order valence-corrected chi connectivity index (χ4v) is 2.96. The second kappa shape index (κ2) is 6.50. The van der Waals surface area contributed by atoms with E-state index >= 15 is 0 Å². The molecule has 0 N–H and O–H groups in total. The number of benzene rings is 3. The number of rotatable bonds is 4. The molecular formula is C23H15NO3. The lowest BCUT2D eigenvalue weighted by atomic mass is 10.1. The van der Waals surface area contributed by atoms with Crippen LogP contribution in [0.4, 0.5) is 0 Å². The number of para-hydroxylation sites is 1. The molecule has 5 aromatic rings. The molecular weight excluding hydrogens is 338 g/mol. The van der Waals surface area contributed by atoms with Gasteiger partial charge in [0, 0.05) is 11.1 Å². The molecule has 3 aromatic carbocycles. The lowest BCUT2D eigenvalue weighted by Gasteiger charge is -2.06. The molecule has 0 unspecified atom stereocenters. The highest BCUT2D eigenvalue weighted by molar-refractivity contribution is 5.81. The summed E-state index contributed by atoms with van der Waals surface area (Å²) in [4.78, 5) is 4.60. The molecule has 0 radical (unpaired) electrons. The molecule has 0 amide bonds. The van der Waals surface area contributed by atoms with Crippen LogP contribution in [0.3, 0.4) is 0 Å². The van der Waals surface area contributed by atoms with Crippen molar-refractivity contribution in [3.63, 3.8) is 0 Å². The topological polar surface area (TPSA) is 48.4 Å². The molecule has 2 heterocycles. The van der Waals surface area contributed by atoms with Gasteiger partial charge in [0.05, 0.1) is 6.26 Å². The summed E-state index contributed by atoms with van der Waals surface area (Å²) in [5.74, 6) is 2.88. The number of furan rings is 1. The van der Waals surface area contributed by atoms with Crippen molar-refractivity contribution >= 4 is 11.1 Å². The Morgan fingerprint density at radius 1 is 0.704 bits per heavy atom. The van der Waals surface area contributed by atoms with E-state index in [1.165, 1.54) is 0 Å². The van der Waals surface area contributed by atoms with Gasteiger partial charge in [0.15, 0.2) is 5.58 Å². The molecule has 0 aliphatic heterocycles. The van der Waals surface area contributed by atoms with Gasteiger partial charge in [-0.25, -0.2) is 4.98 Å². The Balaban J connectivity index is 1.49. The minimum Gasteiger partial charge on any atom is -0.464 e. The molecule has 0 saturated heterocycles. The Labute approximate surface area is 155 Å². The van der Waals surface area contributed by atoms with Crippen molar-refractivity contribution < 1.29 is 13.6 Å². The first kappa shape index (κ1) is 15.5. The van der Waals surface area contributed by atoms with E-state index < -0.39 is 0 Å². The smallest absolute Gasteiger partial charge is 0.227 e. The molecule has 0 saturated carbocycles. The third kappa shape index (κ3) is 3.09. The second-order valence-electron chi connectivity index (χ2n) is 6.12. The summed E-state index contributed by atoms with van der Waals surface area (Å²) in [6.45, 7) is 0. The van der Waals surface area contributed by atoms with Crippen LogP contribution in [0, 0.1) is 0 Å². The average Bonchev–Trinajstić information content (AvgIpc) is 3.38. The van der Waals surface area contributed by atoms with E-state index in [1.54, 1.807) is 6.26 Å². The van der Waals surface area contributed by atoms with Crippen LogP contribution in [0.2, 0.25) is 0 Å². The first-order valence-electron chi connectivity index (χ1n) is 8.63. The summed E-state index contributed by atoms with van der Waals surface area (Å²) in [5.41, 5.74) is 3.33. The number of nitrogens with zero attached hydrogens (tertiary/aromatic N) is 1. The first-order chi connectivity index (χ1) is 13.3. The van der Waals surface area contributed by atoms with Crippen molar-refractivity contribution in [3.8, 4) is 34.3 Å². The Morgan fingerprint density at radius 3 is 2.44 bits per heavy atom. The maximum absolute atomic E-state index is 5.99. The third-order valence-corrected chi connectivity index (χ3v) is 4.25. The summed E-state index contributed by atoms with van der Waals surface area (Å²) in [5, 5.41) is 0. The normalized spacial score (nSPS) is 11.0. The quantitative estimate of drug-likeness (QED) is 0.368. The predicted octanol–water partition coefficient (Wildman–Crippen LogP) is 6.55. The zero-order valence-corrected chi connectivity index (χ0v) is 14.3. The molecule has 0 aliphatic rings. The van der Waals surface area contributed by atoms with E-state index in [9.17, 15) is 0 Å². The van der Waals surface area contributed by atoms with E-state index in [0.717, 1.165) is 33.9 Å². The Hall–Kier alpha value is -3.79. The summed E-state index contributed by atoms with van der Waals surface area (Å²) < 4.78 is 17.3. The summed E-state index contributed by atoms with van der Waals surface area (Å²) in [7, 11) is 0. The largest absolute Gasteiger partial charge is 0.464 e. The molecule has 0 spiro atoms. The van der Waals surface area contributed by atoms with Gasteiger partial charge in [-0.2, -0.15) is 0 Å². The molecule has 0 aliphatic carbocycles. The van der Waals surface area contributed by atoms with Crippen LogP contribution in [-0.2, 0) is 0 Å². The van der Waals surface area contributed by atoms with Crippen LogP contribution >= 0.6 is 0 Å². The zero-order chi connectivity index (χ0) is 18.1. The molecule has 4 heteroatoms. The highest BCUT2D eigenvalue weighted by Gasteiger charge is 2.11. The fraction of sp³-hybridized carbons (Fsp3) is 0. The molecule has 130 valence electrons. The van der Waals surface area contributed by atoms with Crippen molar-refractivity contribution in [1.29, 1.82) is 0 Å². The van der Waals surface area contributed by atoms with E-state index in [2.05, 4.69) is 4.98 Å². The predicted molar refractivity (Wildman–Crippen MR) is 104 cm³/mol. The number of ether oxygens (including phenoxy) is 1. The maximum Gasteiger partial charge on any atom is 0.227 e. The van der Waals surface area contributed by atoms with Crippen LogP contribution in [-0.4, -0.2) is 4.98 Å². The van der Waals surface area contributed by atoms with E-state index in [4.69, 9.17) is 13.6 Å². The molecule has 27 heavy (non-hydrogen) atoms. The lowest BCUT2D eigenvalue weighted by Crippen LogP contribution is -1.84. The van der Waals surface area contributed by atoms with Gasteiger partial charge in [-0.3, -0.25) is 0 Å². The van der Waals surface area contributed by atoms with Crippen molar-refractivity contribution in [3.05, 3.63) is 91.2 Å². The third-order valence-electron chi connectivity index (χ3n) is 4.25. The van der Waals surface area contributed by atoms with Crippen molar-refractivity contribution in [2.75, 3.05) is 0 Å². The number of fused-ring (bicyclic) bond motifs is 1. The lowest BCUT2D eigenvalue weighted by molar-refractivity contribution is 0.482. The number of hydrogen-bond donors (Lipinski definition) is 0. The summed E-state index contributed by atoms with van der Waals surface area (Å²) >= 11 is 0. The van der Waals surface area contributed by atoms with E-state index in [1.807, 2.05) is 84.9 Å². The summed E-state index contributed by atoms with van der Waals surface area (Å²) in [6, 6.07) is 27.0. The number of oxazole rings is 1. The van der Waals surface area contributed by atoms with Gasteiger partial charge < -0.3 is 13.6 Å². The van der Waals surface area contributed by atoms with Gasteiger partial charge in [0.25, 0.3) is 0 Å². The molecule has 0 fully saturated rings. The van der Waals surface area contributed by atoms with Crippen molar-refractivity contribution in [1.82, 2.24) is 4.98 Å². The molecule has 5 rings (SSSR count). The highest BCUT2D eigenvalue weighted by atomic mass is 16.5. The maximum atomic E-state index is 5.99. The molecule has 4 nitrogen and oxygen atoms in total. The molecule has 0 bridgehead atoms. The minimum atomic E-state index is 0.556. The van der Waals surface area contributed by atoms with Gasteiger partial charge in [-0.05, 0) is 60.7 Å². The SMILES string of the molecule is c1ccc(Oc2cccc(-c3nc4ccc(-c5ccco5)cc4o3)c2)cc1. The average molecular weight is 353 g/mol. The Kier molecular flexibility index (Phi) is 3.72. The van der Waals surface area contributed by atoms with Crippen LogP contribution in [0.1, 0.15) is 0 Å². The van der Waals surface area contributed by atoms with Gasteiger partial charge in [-0.15, -0.1) is 0 Å². The number of hydrogen-bond acceptors (Lipinski definition) is 4. The van der Waals surface area contributed by atoms with E-state index in [0.29, 0.717) is 11.5 Å². The van der Waals surface area contributed by atoms with Crippen LogP contribution in [0.5, 0.6) is 11.5 Å². The van der Waals surface area contributed by atoms with Crippen LogP contribution in [0.15, 0.2) is 100 Å². The van der Waals surface area contributed by atoms with Crippen LogP contribution in [0.25, 0.3) is 33.9 Å². The fourth-order valence-electron chi connectivity index (χ4n) is 2.96. The van der Waals surface area contributed by atoms with Gasteiger partial charge in [0.2, 0.25) is 5.89 Å². The number of aromatic nitrogens is 1. The van der Waals surface area contributed by atoms with E-state index in [-0.39, 0.29) is 0 Å². The monoisotopic (exact) mass is 353 g/mol.